The SMILES string of the molecule is CN(CCOCCOCCOCCOCc1cn(CCOCCOCCOCCOCCC(N)=O)nn1)[SH]=O. The minimum Gasteiger partial charge on any atom is -0.379 e. The zero-order valence-corrected chi connectivity index (χ0v) is 23.8. The Kier molecular flexibility index (Phi) is 24.2. The highest BCUT2D eigenvalue weighted by Gasteiger charge is 2.02. The van der Waals surface area contributed by atoms with Crippen molar-refractivity contribution >= 4 is 17.8 Å². The van der Waals surface area contributed by atoms with Crippen molar-refractivity contribution < 1.29 is 46.9 Å². The van der Waals surface area contributed by atoms with Gasteiger partial charge in [-0.1, -0.05) is 5.21 Å². The average Bonchev–Trinajstić information content (AvgIpc) is 3.38. The van der Waals surface area contributed by atoms with Gasteiger partial charge in [0.05, 0.1) is 130 Å². The molecule has 1 aromatic rings. The van der Waals surface area contributed by atoms with E-state index >= 15 is 0 Å². The van der Waals surface area contributed by atoms with Gasteiger partial charge in [-0.15, -0.1) is 5.10 Å². The van der Waals surface area contributed by atoms with Crippen LogP contribution >= 0.6 is 0 Å². The molecule has 0 saturated heterocycles. The predicted octanol–water partition coefficient (Wildman–Crippen LogP) is -1.42. The summed E-state index contributed by atoms with van der Waals surface area (Å²) in [5, 5.41) is 8.14. The molecule has 0 atom stereocenters. The quantitative estimate of drug-likeness (QED) is 0.0802. The largest absolute Gasteiger partial charge is 0.379 e. The topological polar surface area (TPSA) is 168 Å². The second-order valence-electron chi connectivity index (χ2n) is 7.99. The number of carbonyl (C=O) groups is 1. The van der Waals surface area contributed by atoms with Crippen molar-refractivity contribution in [1.29, 1.82) is 0 Å². The van der Waals surface area contributed by atoms with Crippen LogP contribution in [0.1, 0.15) is 12.1 Å². The maximum Gasteiger partial charge on any atom is 0.219 e. The Morgan fingerprint density at radius 1 is 0.769 bits per heavy atom. The van der Waals surface area contributed by atoms with Crippen molar-refractivity contribution in [3.8, 4) is 0 Å². The molecule has 0 spiro atoms. The molecule has 0 aromatic carbocycles. The van der Waals surface area contributed by atoms with Crippen molar-refractivity contribution in [2.24, 2.45) is 5.73 Å². The summed E-state index contributed by atoms with van der Waals surface area (Å²) in [6, 6.07) is 0. The van der Waals surface area contributed by atoms with Crippen LogP contribution in [0, 0.1) is 0 Å². The Hall–Kier alpha value is -1.60. The first-order valence-corrected chi connectivity index (χ1v) is 13.7. The van der Waals surface area contributed by atoms with E-state index in [0.29, 0.717) is 119 Å². The molecule has 228 valence electrons. The van der Waals surface area contributed by atoms with Gasteiger partial charge in [0.1, 0.15) is 5.69 Å². The van der Waals surface area contributed by atoms with Gasteiger partial charge in [0.2, 0.25) is 5.91 Å². The summed E-state index contributed by atoms with van der Waals surface area (Å²) in [5.74, 6) is -0.378. The minimum absolute atomic E-state index is 0.00683. The molecule has 0 aliphatic carbocycles. The van der Waals surface area contributed by atoms with Crippen LogP contribution in [-0.2, 0) is 67.7 Å². The van der Waals surface area contributed by atoms with Crippen LogP contribution in [0.5, 0.6) is 0 Å². The lowest BCUT2D eigenvalue weighted by atomic mass is 10.4. The first-order valence-electron chi connectivity index (χ1n) is 13.0. The third kappa shape index (κ3) is 24.0. The van der Waals surface area contributed by atoms with Crippen LogP contribution in [0.3, 0.4) is 0 Å². The molecule has 39 heavy (non-hydrogen) atoms. The number of amides is 1. The summed E-state index contributed by atoms with van der Waals surface area (Å²) in [4.78, 5) is 10.6. The molecular formula is C23H45N5O10S. The lowest BCUT2D eigenvalue weighted by Crippen LogP contribution is -2.20. The van der Waals surface area contributed by atoms with Gasteiger partial charge in [-0.2, -0.15) is 0 Å². The van der Waals surface area contributed by atoms with Gasteiger partial charge in [0.15, 0.2) is 0 Å². The van der Waals surface area contributed by atoms with E-state index in [0.717, 1.165) is 5.69 Å². The summed E-state index contributed by atoms with van der Waals surface area (Å²) >= 11 is -0.00683. The molecule has 1 heterocycles. The third-order valence-corrected chi connectivity index (χ3v) is 5.20. The van der Waals surface area contributed by atoms with Crippen molar-refractivity contribution in [1.82, 2.24) is 19.3 Å². The van der Waals surface area contributed by atoms with Gasteiger partial charge in [-0.3, -0.25) is 4.79 Å². The number of hydrogen-bond acceptors (Lipinski definition) is 12. The number of ether oxygens (including phenoxy) is 8. The molecule has 0 fully saturated rings. The molecule has 1 amide bonds. The molecule has 1 aromatic heterocycles. The number of primary amides is 1. The molecule has 0 aliphatic heterocycles. The van der Waals surface area contributed by atoms with Crippen molar-refractivity contribution in [3.05, 3.63) is 11.9 Å². The molecule has 0 unspecified atom stereocenters. The number of likely N-dealkylation sites (N-methyl/N-ethyl adjacent to an activating group) is 1. The molecule has 16 heteroatoms. The highest BCUT2D eigenvalue weighted by Crippen LogP contribution is 1.97. The monoisotopic (exact) mass is 583 g/mol. The normalized spacial score (nSPS) is 11.5. The van der Waals surface area contributed by atoms with Crippen molar-refractivity contribution in [2.75, 3.05) is 113 Å². The zero-order chi connectivity index (χ0) is 28.2. The second-order valence-corrected chi connectivity index (χ2v) is 8.84. The minimum atomic E-state index is -0.378. The number of aromatic nitrogens is 3. The summed E-state index contributed by atoms with van der Waals surface area (Å²) in [6.45, 7) is 8.44. The fourth-order valence-electron chi connectivity index (χ4n) is 2.68. The maximum atomic E-state index is 10.6. The lowest BCUT2D eigenvalue weighted by molar-refractivity contribution is -0.119. The number of hydrogen-bond donors (Lipinski definition) is 2. The molecule has 0 saturated carbocycles. The maximum absolute atomic E-state index is 10.6. The Bertz CT molecular complexity index is 719. The first-order chi connectivity index (χ1) is 19.1. The molecular weight excluding hydrogens is 538 g/mol. The van der Waals surface area contributed by atoms with E-state index < -0.39 is 0 Å². The van der Waals surface area contributed by atoms with Crippen LogP contribution in [0.15, 0.2) is 6.20 Å². The standard InChI is InChI=1S/C23H45N5O10S/c1-27(39-30)3-6-32-9-12-35-16-17-37-18-19-38-21-22-20-28(26-25-22)4-7-33-10-13-36-15-14-34-11-8-31-5-2-23(24)29/h20,39H,2-19,21H2,1H3,(H2,24,29). The summed E-state index contributed by atoms with van der Waals surface area (Å²) < 4.78 is 57.2. The van der Waals surface area contributed by atoms with Crippen LogP contribution in [0.25, 0.3) is 0 Å². The average molecular weight is 584 g/mol. The molecule has 15 nitrogen and oxygen atoms in total. The fraction of sp³-hybridized carbons (Fsp3) is 0.870. The van der Waals surface area contributed by atoms with Gasteiger partial charge in [-0.05, 0) is 7.05 Å². The Morgan fingerprint density at radius 2 is 1.23 bits per heavy atom. The third-order valence-electron chi connectivity index (χ3n) is 4.72. The van der Waals surface area contributed by atoms with Gasteiger partial charge in [0.25, 0.3) is 0 Å². The predicted molar refractivity (Wildman–Crippen MR) is 141 cm³/mol. The van der Waals surface area contributed by atoms with E-state index in [1.54, 1.807) is 16.0 Å². The fourth-order valence-corrected chi connectivity index (χ4v) is 2.84. The number of nitrogens with zero attached hydrogens (tertiary/aromatic N) is 4. The molecule has 0 radical (unpaired) electrons. The van der Waals surface area contributed by atoms with Crippen LogP contribution in [-0.4, -0.2) is 142 Å². The van der Waals surface area contributed by atoms with E-state index in [2.05, 4.69) is 10.3 Å². The van der Waals surface area contributed by atoms with Crippen LogP contribution < -0.4 is 5.73 Å². The number of thiol groups is 1. The summed E-state index contributed by atoms with van der Waals surface area (Å²) in [5.41, 5.74) is 5.75. The van der Waals surface area contributed by atoms with Gasteiger partial charge >= 0.3 is 0 Å². The molecule has 0 aliphatic rings. The first kappa shape index (κ1) is 35.4. The summed E-state index contributed by atoms with van der Waals surface area (Å²) in [6.07, 6.45) is 2.04. The Balaban J connectivity index is 1.82. The molecule has 1 rings (SSSR count). The van der Waals surface area contributed by atoms with Crippen molar-refractivity contribution in [3.63, 3.8) is 0 Å². The Labute approximate surface area is 234 Å². The number of rotatable bonds is 30. The number of carbonyl (C=O) groups excluding carboxylic acids is 1. The highest BCUT2D eigenvalue weighted by molar-refractivity contribution is 7.62. The van der Waals surface area contributed by atoms with Crippen molar-refractivity contribution in [2.45, 2.75) is 19.6 Å². The van der Waals surface area contributed by atoms with E-state index in [-0.39, 0.29) is 24.2 Å². The van der Waals surface area contributed by atoms with Gasteiger partial charge in [-0.25, -0.2) is 13.2 Å². The van der Waals surface area contributed by atoms with E-state index in [1.807, 2.05) is 6.20 Å². The van der Waals surface area contributed by atoms with Gasteiger partial charge in [0, 0.05) is 13.0 Å². The lowest BCUT2D eigenvalue weighted by Gasteiger charge is -2.09. The van der Waals surface area contributed by atoms with E-state index in [1.165, 1.54) is 0 Å². The van der Waals surface area contributed by atoms with E-state index in [4.69, 9.17) is 43.6 Å². The van der Waals surface area contributed by atoms with E-state index in [9.17, 15) is 9.00 Å². The highest BCUT2D eigenvalue weighted by atomic mass is 32.2. The number of nitrogens with two attached hydrogens (primary N) is 1. The zero-order valence-electron chi connectivity index (χ0n) is 22.9. The van der Waals surface area contributed by atoms with Gasteiger partial charge < -0.3 is 43.6 Å². The smallest absolute Gasteiger partial charge is 0.219 e. The summed E-state index contributed by atoms with van der Waals surface area (Å²) in [7, 11) is 1.75. The second kappa shape index (κ2) is 26.6. The van der Waals surface area contributed by atoms with Crippen LogP contribution in [0.4, 0.5) is 0 Å². The van der Waals surface area contributed by atoms with Crippen LogP contribution in [0.2, 0.25) is 0 Å². The molecule has 2 N–H and O–H groups in total. The molecule has 0 bridgehead atoms. The Morgan fingerprint density at radius 3 is 1.74 bits per heavy atom.